The van der Waals surface area contributed by atoms with Gasteiger partial charge in [-0.15, -0.1) is 0 Å². The number of aliphatic hydroxyl groups excluding tert-OH is 1. The molecule has 3 aromatic carbocycles. The molecule has 3 aromatic rings. The first-order valence-electron chi connectivity index (χ1n) is 16.5. The summed E-state index contributed by atoms with van der Waals surface area (Å²) < 4.78 is 0. The molecule has 0 saturated carbocycles. The Kier molecular flexibility index (Phi) is 11.3. The van der Waals surface area contributed by atoms with Crippen LogP contribution in [-0.4, -0.2) is 50.8 Å². The van der Waals surface area contributed by atoms with E-state index < -0.39 is 40.8 Å². The quantitative estimate of drug-likeness (QED) is 0.0435. The van der Waals surface area contributed by atoms with Crippen LogP contribution in [0, 0.1) is 16.0 Å². The zero-order valence-corrected chi connectivity index (χ0v) is 26.7. The summed E-state index contributed by atoms with van der Waals surface area (Å²) in [7, 11) is 0. The van der Waals surface area contributed by atoms with Crippen LogP contribution in [0.2, 0.25) is 0 Å². The van der Waals surface area contributed by atoms with Gasteiger partial charge in [-0.05, 0) is 42.8 Å². The first-order valence-corrected chi connectivity index (χ1v) is 16.5. The van der Waals surface area contributed by atoms with Gasteiger partial charge in [0.25, 0.3) is 11.6 Å². The molecule has 0 spiro atoms. The number of carbonyl (C=O) groups is 3. The van der Waals surface area contributed by atoms with Gasteiger partial charge in [0.15, 0.2) is 5.78 Å². The van der Waals surface area contributed by atoms with Crippen LogP contribution in [0.3, 0.4) is 0 Å². The fourth-order valence-electron chi connectivity index (χ4n) is 6.37. The van der Waals surface area contributed by atoms with E-state index in [-0.39, 0.29) is 11.5 Å². The van der Waals surface area contributed by atoms with E-state index in [1.54, 1.807) is 65.7 Å². The number of fused-ring (bicyclic) bond motifs is 1. The molecular weight excluding hydrogens is 596 g/mol. The van der Waals surface area contributed by atoms with E-state index >= 15 is 0 Å². The molecule has 4 atom stereocenters. The number of carbonyl (C=O) groups excluding carboxylic acids is 3. The molecule has 1 saturated heterocycles. The maximum Gasteiger partial charge on any atom is 0.269 e. The summed E-state index contributed by atoms with van der Waals surface area (Å²) in [5.74, 6) is -1.86. The smallest absolute Gasteiger partial charge is 0.269 e. The molecule has 0 radical (unpaired) electrons. The zero-order valence-electron chi connectivity index (χ0n) is 26.7. The van der Waals surface area contributed by atoms with E-state index in [1.165, 1.54) is 56.4 Å². The Morgan fingerprint density at radius 1 is 0.830 bits per heavy atom. The van der Waals surface area contributed by atoms with Crippen LogP contribution in [0.15, 0.2) is 91.0 Å². The fraction of sp³-hybridized carbons (Fsp3) is 0.378. The minimum Gasteiger partial charge on any atom is -0.391 e. The van der Waals surface area contributed by atoms with Gasteiger partial charge in [0.1, 0.15) is 6.04 Å². The number of nitrogens with zero attached hydrogens (tertiary/aromatic N) is 3. The summed E-state index contributed by atoms with van der Waals surface area (Å²) in [5.41, 5.74) is 4.92. The predicted octanol–water partition coefficient (Wildman–Crippen LogP) is 6.84. The largest absolute Gasteiger partial charge is 0.391 e. The van der Waals surface area contributed by atoms with Crippen molar-refractivity contribution in [1.29, 1.82) is 0 Å². The van der Waals surface area contributed by atoms with Gasteiger partial charge in [-0.25, -0.2) is 9.91 Å². The second kappa shape index (κ2) is 15.8. The lowest BCUT2D eigenvalue weighted by atomic mass is 9.91. The molecule has 5 rings (SSSR count). The normalized spacial score (nSPS) is 19.9. The summed E-state index contributed by atoms with van der Waals surface area (Å²) in [6.07, 6.45) is 12.2. The number of non-ortho nitro benzene ring substituents is 1. The molecule has 2 unspecified atom stereocenters. The van der Waals surface area contributed by atoms with Crippen molar-refractivity contribution in [2.45, 2.75) is 82.9 Å². The third kappa shape index (κ3) is 7.84. The summed E-state index contributed by atoms with van der Waals surface area (Å²) in [6, 6.07) is 19.5. The van der Waals surface area contributed by atoms with Crippen LogP contribution in [0.1, 0.15) is 80.6 Å². The molecule has 1 fully saturated rings. The van der Waals surface area contributed by atoms with Gasteiger partial charge in [-0.3, -0.25) is 24.5 Å². The van der Waals surface area contributed by atoms with Gasteiger partial charge in [-0.1, -0.05) is 101 Å². The van der Waals surface area contributed by atoms with Gasteiger partial charge < -0.3 is 10.5 Å². The van der Waals surface area contributed by atoms with E-state index in [0.717, 1.165) is 24.2 Å². The molecule has 2 aliphatic rings. The van der Waals surface area contributed by atoms with Crippen molar-refractivity contribution in [3.8, 4) is 0 Å². The highest BCUT2D eigenvalue weighted by Gasteiger charge is 2.54. The van der Waals surface area contributed by atoms with Gasteiger partial charge >= 0.3 is 0 Å². The molecule has 10 heteroatoms. The number of nitro benzene ring substituents is 1. The number of rotatable bonds is 16. The molecule has 0 aliphatic carbocycles. The predicted molar refractivity (Wildman–Crippen MR) is 181 cm³/mol. The molecular formula is C37H42N4O6. The number of aliphatic hydroxyl groups is 1. The number of benzene rings is 3. The lowest BCUT2D eigenvalue weighted by molar-refractivity contribution is -0.384. The van der Waals surface area contributed by atoms with E-state index in [1.807, 2.05) is 6.07 Å². The number of hydrazine groups is 1. The maximum absolute atomic E-state index is 14.1. The highest BCUT2D eigenvalue weighted by Crippen LogP contribution is 2.36. The average Bonchev–Trinajstić information content (AvgIpc) is 3.35. The van der Waals surface area contributed by atoms with Crippen LogP contribution in [0.25, 0.3) is 0 Å². The van der Waals surface area contributed by atoms with Gasteiger partial charge in [-0.2, -0.15) is 0 Å². The molecule has 47 heavy (non-hydrogen) atoms. The Bertz CT molecular complexity index is 1570. The van der Waals surface area contributed by atoms with Crippen LogP contribution < -0.4 is 10.3 Å². The van der Waals surface area contributed by atoms with E-state index in [0.29, 0.717) is 28.9 Å². The Balaban J connectivity index is 1.34. The average molecular weight is 639 g/mol. The molecule has 2 aliphatic heterocycles. The van der Waals surface area contributed by atoms with Crippen molar-refractivity contribution in [2.24, 2.45) is 5.92 Å². The zero-order chi connectivity index (χ0) is 33.3. The SMILES string of the molecule is CCCCCCCCCC[C@H](O)C1C=CC2C(=O)N(c3ccc(C(=O)c4ccccc4)cc3)C(=O)[C@H]2N1Nc1ccc([N+](=O)[O-])cc1. The monoisotopic (exact) mass is 638 g/mol. The van der Waals surface area contributed by atoms with Crippen LogP contribution >= 0.6 is 0 Å². The lowest BCUT2D eigenvalue weighted by Crippen LogP contribution is -2.57. The third-order valence-corrected chi connectivity index (χ3v) is 8.96. The van der Waals surface area contributed by atoms with Crippen LogP contribution in [0.4, 0.5) is 17.1 Å². The molecule has 0 bridgehead atoms. The molecule has 246 valence electrons. The first-order chi connectivity index (χ1) is 22.8. The lowest BCUT2D eigenvalue weighted by Gasteiger charge is -2.40. The van der Waals surface area contributed by atoms with Gasteiger partial charge in [0, 0.05) is 28.9 Å². The van der Waals surface area contributed by atoms with E-state index in [2.05, 4.69) is 12.3 Å². The number of hydrogen-bond acceptors (Lipinski definition) is 8. The van der Waals surface area contributed by atoms with Gasteiger partial charge in [0.2, 0.25) is 5.91 Å². The number of ketones is 1. The van der Waals surface area contributed by atoms with Crippen LogP contribution in [0.5, 0.6) is 0 Å². The summed E-state index contributed by atoms with van der Waals surface area (Å²) in [5, 5.41) is 24.2. The number of unbranched alkanes of at least 4 members (excludes halogenated alkanes) is 7. The Hall–Kier alpha value is -4.67. The summed E-state index contributed by atoms with van der Waals surface area (Å²) >= 11 is 0. The van der Waals surface area contributed by atoms with Crippen LogP contribution in [-0.2, 0) is 9.59 Å². The van der Waals surface area contributed by atoms with E-state index in [9.17, 15) is 29.6 Å². The van der Waals surface area contributed by atoms with Crippen molar-refractivity contribution in [1.82, 2.24) is 5.01 Å². The van der Waals surface area contributed by atoms with E-state index in [4.69, 9.17) is 0 Å². The summed E-state index contributed by atoms with van der Waals surface area (Å²) in [4.78, 5) is 52.6. The number of nitrogens with one attached hydrogen (secondary N) is 1. The number of amides is 2. The standard InChI is InChI=1S/C37H42N4O6/c1-2-3-4-5-6-7-8-12-15-33(42)32-25-24-31-34(40(32)38-28-18-22-30(23-19-28)41(46)47)37(45)39(36(31)44)29-20-16-27(17-21-29)35(43)26-13-10-9-11-14-26/h9-11,13-14,16-25,31-34,38,42H,2-8,12,15H2,1H3/t31?,32?,33-,34-/m0/s1. The highest BCUT2D eigenvalue weighted by atomic mass is 16.6. The Morgan fingerprint density at radius 2 is 1.45 bits per heavy atom. The van der Waals surface area contributed by atoms with Crippen molar-refractivity contribution < 1.29 is 24.4 Å². The maximum atomic E-state index is 14.1. The molecule has 2 heterocycles. The number of nitro groups is 1. The topological polar surface area (TPSA) is 133 Å². The van der Waals surface area contributed by atoms with Gasteiger partial charge in [0.05, 0.1) is 28.7 Å². The second-order valence-corrected chi connectivity index (χ2v) is 12.3. The molecule has 0 aromatic heterocycles. The van der Waals surface area contributed by atoms with Crippen molar-refractivity contribution in [3.05, 3.63) is 112 Å². The third-order valence-electron chi connectivity index (χ3n) is 8.96. The fourth-order valence-corrected chi connectivity index (χ4v) is 6.37. The second-order valence-electron chi connectivity index (χ2n) is 12.3. The molecule has 2 amide bonds. The van der Waals surface area contributed by atoms with Crippen molar-refractivity contribution >= 4 is 34.7 Å². The Labute approximate surface area is 275 Å². The number of imide groups is 1. The summed E-state index contributed by atoms with van der Waals surface area (Å²) in [6.45, 7) is 2.20. The minimum atomic E-state index is -0.966. The van der Waals surface area contributed by atoms with Crippen molar-refractivity contribution in [2.75, 3.05) is 10.3 Å². The highest BCUT2D eigenvalue weighted by molar-refractivity contribution is 6.24. The number of anilines is 2. The first kappa shape index (κ1) is 33.7. The number of hydrogen-bond donors (Lipinski definition) is 2. The molecule has 10 nitrogen and oxygen atoms in total. The van der Waals surface area contributed by atoms with Crippen molar-refractivity contribution in [3.63, 3.8) is 0 Å². The molecule has 2 N–H and O–H groups in total. The Morgan fingerprint density at radius 3 is 2.09 bits per heavy atom. The minimum absolute atomic E-state index is 0.0780.